The fourth-order valence-corrected chi connectivity index (χ4v) is 7.51. The number of thioether (sulfide) groups is 1. The van der Waals surface area contributed by atoms with Gasteiger partial charge in [-0.1, -0.05) is 96.5 Å². The van der Waals surface area contributed by atoms with Gasteiger partial charge in [-0.2, -0.15) is 0 Å². The van der Waals surface area contributed by atoms with Gasteiger partial charge in [0.1, 0.15) is 0 Å². The third-order valence-corrected chi connectivity index (χ3v) is 9.33. The molecule has 0 spiro atoms. The second kappa shape index (κ2) is 9.60. The van der Waals surface area contributed by atoms with Crippen molar-refractivity contribution in [3.8, 4) is 22.3 Å². The fourth-order valence-electron chi connectivity index (χ4n) is 5.84. The zero-order valence-electron chi connectivity index (χ0n) is 20.6. The highest BCUT2D eigenvalue weighted by Gasteiger charge is 2.19. The zero-order valence-corrected chi connectivity index (χ0v) is 24.4. The SMILES string of the molecule is CSc1ccc(Cl)cc1-c1c2ccccc2cc2cccc(-c3cccc4c3c(I)cc3ccccc34)c12. The molecule has 7 aromatic rings. The summed E-state index contributed by atoms with van der Waals surface area (Å²) in [7, 11) is 0. The molecule has 0 radical (unpaired) electrons. The molecule has 0 heterocycles. The van der Waals surface area contributed by atoms with Crippen molar-refractivity contribution < 1.29 is 0 Å². The molecule has 0 aliphatic carbocycles. The minimum absolute atomic E-state index is 0.752. The number of halogens is 2. The quantitative estimate of drug-likeness (QED) is 0.0805. The van der Waals surface area contributed by atoms with Crippen molar-refractivity contribution in [3.63, 3.8) is 0 Å². The van der Waals surface area contributed by atoms with Gasteiger partial charge in [0, 0.05) is 18.9 Å². The molecule has 0 nitrogen and oxygen atoms in total. The van der Waals surface area contributed by atoms with Crippen LogP contribution in [0.25, 0.3) is 65.3 Å². The average molecular weight is 637 g/mol. The van der Waals surface area contributed by atoms with Crippen LogP contribution in [0.1, 0.15) is 0 Å². The number of fused-ring (bicyclic) bond motifs is 5. The topological polar surface area (TPSA) is 0 Å². The lowest BCUT2D eigenvalue weighted by atomic mass is 9.86. The predicted molar refractivity (Wildman–Crippen MR) is 177 cm³/mol. The van der Waals surface area contributed by atoms with Crippen LogP contribution in [0.3, 0.4) is 0 Å². The Kier molecular flexibility index (Phi) is 6.07. The number of hydrogen-bond acceptors (Lipinski definition) is 1. The van der Waals surface area contributed by atoms with Crippen molar-refractivity contribution in [1.82, 2.24) is 0 Å². The highest BCUT2D eigenvalue weighted by atomic mass is 127. The first-order chi connectivity index (χ1) is 18.6. The molecule has 7 rings (SSSR count). The van der Waals surface area contributed by atoms with Gasteiger partial charge in [0.15, 0.2) is 0 Å². The molecule has 0 unspecified atom stereocenters. The van der Waals surface area contributed by atoms with Crippen molar-refractivity contribution in [2.24, 2.45) is 0 Å². The largest absolute Gasteiger partial charge is 0.129 e. The van der Waals surface area contributed by atoms with E-state index in [0.717, 1.165) is 5.02 Å². The Morgan fingerprint density at radius 2 is 1.18 bits per heavy atom. The maximum atomic E-state index is 6.63. The lowest BCUT2D eigenvalue weighted by Crippen LogP contribution is -1.93. The van der Waals surface area contributed by atoms with Crippen molar-refractivity contribution in [2.45, 2.75) is 4.90 Å². The van der Waals surface area contributed by atoms with Gasteiger partial charge in [0.25, 0.3) is 0 Å². The minimum atomic E-state index is 0.752. The summed E-state index contributed by atoms with van der Waals surface area (Å²) >= 11 is 10.9. The molecule has 0 saturated carbocycles. The van der Waals surface area contributed by atoms with Crippen molar-refractivity contribution in [3.05, 3.63) is 124 Å². The molecule has 0 amide bonds. The lowest BCUT2D eigenvalue weighted by molar-refractivity contribution is 1.47. The van der Waals surface area contributed by atoms with Crippen LogP contribution >= 0.6 is 46.0 Å². The van der Waals surface area contributed by atoms with Gasteiger partial charge in [0.2, 0.25) is 0 Å². The Morgan fingerprint density at radius 1 is 0.553 bits per heavy atom. The smallest absolute Gasteiger partial charge is 0.0412 e. The third kappa shape index (κ3) is 3.81. The van der Waals surface area contributed by atoms with Gasteiger partial charge in [-0.25, -0.2) is 0 Å². The molecule has 182 valence electrons. The zero-order chi connectivity index (χ0) is 25.8. The van der Waals surface area contributed by atoms with Gasteiger partial charge in [-0.05, 0) is 119 Å². The van der Waals surface area contributed by atoms with E-state index in [2.05, 4.69) is 138 Å². The highest BCUT2D eigenvalue weighted by Crippen LogP contribution is 2.46. The molecule has 0 N–H and O–H groups in total. The van der Waals surface area contributed by atoms with E-state index in [-0.39, 0.29) is 0 Å². The molecule has 0 aliphatic heterocycles. The van der Waals surface area contributed by atoms with E-state index in [4.69, 9.17) is 11.6 Å². The first kappa shape index (κ1) is 24.0. The van der Waals surface area contributed by atoms with E-state index in [1.165, 1.54) is 73.8 Å². The highest BCUT2D eigenvalue weighted by molar-refractivity contribution is 14.1. The number of rotatable bonds is 3. The van der Waals surface area contributed by atoms with E-state index in [9.17, 15) is 0 Å². The predicted octanol–water partition coefficient (Wildman–Crippen LogP) is 11.6. The van der Waals surface area contributed by atoms with Gasteiger partial charge in [0.05, 0.1) is 0 Å². The molecular formula is C35H22ClIS. The molecule has 7 aromatic carbocycles. The van der Waals surface area contributed by atoms with E-state index in [1.807, 2.05) is 6.07 Å². The number of benzene rings is 7. The molecule has 38 heavy (non-hydrogen) atoms. The Morgan fingerprint density at radius 3 is 1.97 bits per heavy atom. The first-order valence-electron chi connectivity index (χ1n) is 12.5. The first-order valence-corrected chi connectivity index (χ1v) is 15.2. The molecule has 0 atom stereocenters. The molecule has 0 fully saturated rings. The van der Waals surface area contributed by atoms with E-state index in [0.29, 0.717) is 0 Å². The van der Waals surface area contributed by atoms with Crippen molar-refractivity contribution >= 4 is 89.0 Å². The normalized spacial score (nSPS) is 11.7. The maximum absolute atomic E-state index is 6.63. The maximum Gasteiger partial charge on any atom is 0.0412 e. The summed E-state index contributed by atoms with van der Waals surface area (Å²) in [5, 5.41) is 10.9. The monoisotopic (exact) mass is 636 g/mol. The molecular weight excluding hydrogens is 615 g/mol. The van der Waals surface area contributed by atoms with E-state index in [1.54, 1.807) is 11.8 Å². The number of hydrogen-bond donors (Lipinski definition) is 0. The average Bonchev–Trinajstić information content (AvgIpc) is 2.95. The molecule has 0 bridgehead atoms. The van der Waals surface area contributed by atoms with E-state index >= 15 is 0 Å². The van der Waals surface area contributed by atoms with Gasteiger partial charge < -0.3 is 0 Å². The Balaban J connectivity index is 1.68. The van der Waals surface area contributed by atoms with Gasteiger partial charge in [-0.15, -0.1) is 11.8 Å². The Labute approximate surface area is 244 Å². The van der Waals surface area contributed by atoms with Crippen molar-refractivity contribution in [2.75, 3.05) is 6.26 Å². The van der Waals surface area contributed by atoms with Crippen LogP contribution in [0.15, 0.2) is 120 Å². The van der Waals surface area contributed by atoms with Crippen LogP contribution in [0.4, 0.5) is 0 Å². The lowest BCUT2D eigenvalue weighted by Gasteiger charge is -2.19. The summed E-state index contributed by atoms with van der Waals surface area (Å²) in [6, 6.07) is 41.7. The van der Waals surface area contributed by atoms with Crippen molar-refractivity contribution in [1.29, 1.82) is 0 Å². The van der Waals surface area contributed by atoms with Crippen LogP contribution in [-0.4, -0.2) is 6.26 Å². The van der Waals surface area contributed by atoms with Crippen LogP contribution in [0.2, 0.25) is 5.02 Å². The summed E-state index contributed by atoms with van der Waals surface area (Å²) in [5.41, 5.74) is 4.93. The third-order valence-electron chi connectivity index (χ3n) is 7.45. The molecule has 3 heteroatoms. The second-order valence-electron chi connectivity index (χ2n) is 9.53. The molecule has 0 aliphatic rings. The fraction of sp³-hybridized carbons (Fsp3) is 0.0286. The minimum Gasteiger partial charge on any atom is -0.129 e. The van der Waals surface area contributed by atoms with Gasteiger partial charge >= 0.3 is 0 Å². The van der Waals surface area contributed by atoms with Gasteiger partial charge in [-0.3, -0.25) is 0 Å². The Bertz CT molecular complexity index is 2040. The van der Waals surface area contributed by atoms with Crippen LogP contribution in [0, 0.1) is 3.57 Å². The summed E-state index contributed by atoms with van der Waals surface area (Å²) in [6.45, 7) is 0. The van der Waals surface area contributed by atoms with Crippen LogP contribution in [-0.2, 0) is 0 Å². The molecule has 0 saturated heterocycles. The van der Waals surface area contributed by atoms with Crippen LogP contribution in [0.5, 0.6) is 0 Å². The molecule has 0 aromatic heterocycles. The summed E-state index contributed by atoms with van der Waals surface area (Å²) in [5.74, 6) is 0. The Hall–Kier alpha value is -3.05. The summed E-state index contributed by atoms with van der Waals surface area (Å²) in [4.78, 5) is 1.22. The standard InChI is InChI=1S/C35H22ClIS/c1-38-32-17-16-24(36)20-30(32)35-26-12-5-3-8-21(26)18-23-10-6-13-28(33(23)35)29-15-7-14-27-25-11-4-2-9-22(25)19-31(37)34(27)29/h2-20H,1H3. The summed E-state index contributed by atoms with van der Waals surface area (Å²) < 4.78 is 1.26. The second-order valence-corrected chi connectivity index (χ2v) is 12.0. The van der Waals surface area contributed by atoms with Crippen LogP contribution < -0.4 is 0 Å². The summed E-state index contributed by atoms with van der Waals surface area (Å²) in [6.07, 6.45) is 2.14. The van der Waals surface area contributed by atoms with E-state index < -0.39 is 0 Å².